The molecular formula is C14H27N3O2. The van der Waals surface area contributed by atoms with Gasteiger partial charge in [0.2, 0.25) is 11.8 Å². The molecule has 1 saturated heterocycles. The molecule has 2 unspecified atom stereocenters. The van der Waals surface area contributed by atoms with Crippen LogP contribution in [0.4, 0.5) is 0 Å². The van der Waals surface area contributed by atoms with Gasteiger partial charge in [0.15, 0.2) is 0 Å². The van der Waals surface area contributed by atoms with Crippen LogP contribution in [0.5, 0.6) is 0 Å². The molecule has 0 aromatic carbocycles. The minimum Gasteiger partial charge on any atom is -0.356 e. The zero-order chi connectivity index (χ0) is 14.3. The van der Waals surface area contributed by atoms with Gasteiger partial charge in [-0.05, 0) is 32.2 Å². The SMILES string of the molecule is CCC(C)C(=O)N1CCCC(C(=O)NCCCN)C1. The van der Waals surface area contributed by atoms with Crippen LogP contribution in [-0.2, 0) is 9.59 Å². The standard InChI is InChI=1S/C14H27N3O2/c1-3-11(2)14(19)17-9-4-6-12(10-17)13(18)16-8-5-7-15/h11-12H,3-10,15H2,1-2H3,(H,16,18). The molecule has 2 amide bonds. The quantitative estimate of drug-likeness (QED) is 0.698. The highest BCUT2D eigenvalue weighted by Gasteiger charge is 2.29. The fourth-order valence-electron chi connectivity index (χ4n) is 2.34. The molecule has 0 aliphatic carbocycles. The fraction of sp³-hybridized carbons (Fsp3) is 0.857. The predicted octanol–water partition coefficient (Wildman–Crippen LogP) is 0.736. The molecule has 1 aliphatic heterocycles. The van der Waals surface area contributed by atoms with Crippen LogP contribution >= 0.6 is 0 Å². The Bertz CT molecular complexity index is 307. The summed E-state index contributed by atoms with van der Waals surface area (Å²) in [7, 11) is 0. The highest BCUT2D eigenvalue weighted by Crippen LogP contribution is 2.19. The second kappa shape index (κ2) is 8.15. The van der Waals surface area contributed by atoms with Gasteiger partial charge >= 0.3 is 0 Å². The summed E-state index contributed by atoms with van der Waals surface area (Å²) in [6.45, 7) is 6.54. The van der Waals surface area contributed by atoms with E-state index in [-0.39, 0.29) is 23.7 Å². The van der Waals surface area contributed by atoms with Crippen molar-refractivity contribution in [3.63, 3.8) is 0 Å². The van der Waals surface area contributed by atoms with Crippen molar-refractivity contribution < 1.29 is 9.59 Å². The van der Waals surface area contributed by atoms with Crippen LogP contribution in [0, 0.1) is 11.8 Å². The summed E-state index contributed by atoms with van der Waals surface area (Å²) in [5.41, 5.74) is 5.40. The Morgan fingerprint density at radius 1 is 1.47 bits per heavy atom. The predicted molar refractivity (Wildman–Crippen MR) is 75.4 cm³/mol. The number of piperidine rings is 1. The normalized spacial score (nSPS) is 21.0. The maximum Gasteiger partial charge on any atom is 0.225 e. The number of likely N-dealkylation sites (tertiary alicyclic amines) is 1. The first-order valence-corrected chi connectivity index (χ1v) is 7.36. The zero-order valence-corrected chi connectivity index (χ0v) is 12.2. The first-order chi connectivity index (χ1) is 9.10. The largest absolute Gasteiger partial charge is 0.356 e. The van der Waals surface area contributed by atoms with E-state index in [1.54, 1.807) is 0 Å². The highest BCUT2D eigenvalue weighted by atomic mass is 16.2. The first kappa shape index (κ1) is 16.0. The molecule has 1 heterocycles. The zero-order valence-electron chi connectivity index (χ0n) is 12.2. The molecule has 0 spiro atoms. The Morgan fingerprint density at radius 2 is 2.21 bits per heavy atom. The fourth-order valence-corrected chi connectivity index (χ4v) is 2.34. The van der Waals surface area contributed by atoms with Crippen molar-refractivity contribution in [3.05, 3.63) is 0 Å². The van der Waals surface area contributed by atoms with Gasteiger partial charge in [-0.15, -0.1) is 0 Å². The summed E-state index contributed by atoms with van der Waals surface area (Å²) in [6.07, 6.45) is 3.44. The molecule has 110 valence electrons. The maximum absolute atomic E-state index is 12.1. The number of nitrogens with two attached hydrogens (primary N) is 1. The molecule has 1 fully saturated rings. The van der Waals surface area contributed by atoms with Gasteiger partial charge in [0, 0.05) is 25.6 Å². The van der Waals surface area contributed by atoms with Crippen molar-refractivity contribution in [2.75, 3.05) is 26.2 Å². The number of nitrogens with one attached hydrogen (secondary N) is 1. The summed E-state index contributed by atoms with van der Waals surface area (Å²) < 4.78 is 0. The topological polar surface area (TPSA) is 75.4 Å². The molecule has 0 saturated carbocycles. The lowest BCUT2D eigenvalue weighted by Gasteiger charge is -2.33. The maximum atomic E-state index is 12.1. The molecule has 0 bridgehead atoms. The van der Waals surface area contributed by atoms with E-state index in [9.17, 15) is 9.59 Å². The van der Waals surface area contributed by atoms with E-state index in [0.717, 1.165) is 32.2 Å². The molecule has 3 N–H and O–H groups in total. The third kappa shape index (κ3) is 4.82. The van der Waals surface area contributed by atoms with Crippen LogP contribution in [0.25, 0.3) is 0 Å². The van der Waals surface area contributed by atoms with Crippen LogP contribution in [0.15, 0.2) is 0 Å². The van der Waals surface area contributed by atoms with Gasteiger partial charge in [0.25, 0.3) is 0 Å². The summed E-state index contributed by atoms with van der Waals surface area (Å²) in [6, 6.07) is 0. The van der Waals surface area contributed by atoms with Crippen molar-refractivity contribution in [1.82, 2.24) is 10.2 Å². The van der Waals surface area contributed by atoms with Crippen molar-refractivity contribution in [1.29, 1.82) is 0 Å². The van der Waals surface area contributed by atoms with E-state index in [2.05, 4.69) is 5.32 Å². The Hall–Kier alpha value is -1.10. The lowest BCUT2D eigenvalue weighted by atomic mass is 9.95. The van der Waals surface area contributed by atoms with E-state index in [4.69, 9.17) is 5.73 Å². The van der Waals surface area contributed by atoms with Gasteiger partial charge in [-0.1, -0.05) is 13.8 Å². The van der Waals surface area contributed by atoms with Crippen LogP contribution < -0.4 is 11.1 Å². The monoisotopic (exact) mass is 269 g/mol. The number of hydrogen-bond donors (Lipinski definition) is 2. The van der Waals surface area contributed by atoms with Crippen molar-refractivity contribution in [2.45, 2.75) is 39.5 Å². The Kier molecular flexibility index (Phi) is 6.84. The molecule has 1 rings (SSSR count). The van der Waals surface area contributed by atoms with Gasteiger partial charge in [0.05, 0.1) is 5.92 Å². The first-order valence-electron chi connectivity index (χ1n) is 7.36. The van der Waals surface area contributed by atoms with Crippen LogP contribution in [0.2, 0.25) is 0 Å². The minimum atomic E-state index is -0.0560. The Morgan fingerprint density at radius 3 is 2.84 bits per heavy atom. The number of carbonyl (C=O) groups excluding carboxylic acids is 2. The summed E-state index contributed by atoms with van der Waals surface area (Å²) >= 11 is 0. The number of hydrogen-bond acceptors (Lipinski definition) is 3. The Labute approximate surface area is 115 Å². The van der Waals surface area contributed by atoms with Crippen LogP contribution in [-0.4, -0.2) is 42.9 Å². The molecule has 0 radical (unpaired) electrons. The van der Waals surface area contributed by atoms with Crippen molar-refractivity contribution in [3.8, 4) is 0 Å². The van der Waals surface area contributed by atoms with E-state index >= 15 is 0 Å². The average Bonchev–Trinajstić information content (AvgIpc) is 2.45. The molecule has 1 aliphatic rings. The van der Waals surface area contributed by atoms with Crippen molar-refractivity contribution >= 4 is 11.8 Å². The van der Waals surface area contributed by atoms with Gasteiger partial charge in [-0.3, -0.25) is 9.59 Å². The number of rotatable bonds is 6. The molecule has 2 atom stereocenters. The second-order valence-electron chi connectivity index (χ2n) is 5.37. The van der Waals surface area contributed by atoms with Gasteiger partial charge in [0.1, 0.15) is 0 Å². The van der Waals surface area contributed by atoms with E-state index in [1.165, 1.54) is 0 Å². The molecule has 19 heavy (non-hydrogen) atoms. The molecule has 5 heteroatoms. The van der Waals surface area contributed by atoms with E-state index in [1.807, 2.05) is 18.7 Å². The third-order valence-corrected chi connectivity index (χ3v) is 3.82. The second-order valence-corrected chi connectivity index (χ2v) is 5.37. The van der Waals surface area contributed by atoms with E-state index < -0.39 is 0 Å². The van der Waals surface area contributed by atoms with Crippen LogP contribution in [0.3, 0.4) is 0 Å². The molecule has 0 aromatic rings. The molecule has 5 nitrogen and oxygen atoms in total. The number of nitrogens with zero attached hydrogens (tertiary/aromatic N) is 1. The third-order valence-electron chi connectivity index (χ3n) is 3.82. The van der Waals surface area contributed by atoms with Crippen LogP contribution in [0.1, 0.15) is 39.5 Å². The van der Waals surface area contributed by atoms with Crippen molar-refractivity contribution in [2.24, 2.45) is 17.6 Å². The van der Waals surface area contributed by atoms with Gasteiger partial charge in [-0.2, -0.15) is 0 Å². The summed E-state index contributed by atoms with van der Waals surface area (Å²) in [5, 5.41) is 2.90. The minimum absolute atomic E-state index is 0.0547. The number of amides is 2. The summed E-state index contributed by atoms with van der Waals surface area (Å²) in [4.78, 5) is 26.0. The molecule has 0 aromatic heterocycles. The molecular weight excluding hydrogens is 242 g/mol. The highest BCUT2D eigenvalue weighted by molar-refractivity contribution is 5.82. The lowest BCUT2D eigenvalue weighted by molar-refractivity contribution is -0.138. The lowest BCUT2D eigenvalue weighted by Crippen LogP contribution is -2.47. The van der Waals surface area contributed by atoms with E-state index in [0.29, 0.717) is 19.6 Å². The number of carbonyl (C=O) groups is 2. The smallest absolute Gasteiger partial charge is 0.225 e. The average molecular weight is 269 g/mol. The Balaban J connectivity index is 2.45. The van der Waals surface area contributed by atoms with Gasteiger partial charge < -0.3 is 16.0 Å². The van der Waals surface area contributed by atoms with Gasteiger partial charge in [-0.25, -0.2) is 0 Å². The summed E-state index contributed by atoms with van der Waals surface area (Å²) in [5.74, 6) is 0.246.